The van der Waals surface area contributed by atoms with E-state index in [1.54, 1.807) is 11.8 Å². The quantitative estimate of drug-likeness (QED) is 0.420. The average molecular weight is 446 g/mol. The maximum Gasteiger partial charge on any atom is 0.323 e. The van der Waals surface area contributed by atoms with Gasteiger partial charge in [-0.2, -0.15) is 0 Å². The molecule has 0 fully saturated rings. The van der Waals surface area contributed by atoms with Crippen molar-refractivity contribution in [2.75, 3.05) is 31.3 Å². The number of rotatable bonds is 7. The van der Waals surface area contributed by atoms with Crippen molar-refractivity contribution in [1.82, 2.24) is 4.90 Å². The van der Waals surface area contributed by atoms with Crippen molar-refractivity contribution in [3.05, 3.63) is 89.5 Å². The predicted octanol–water partition coefficient (Wildman–Crippen LogP) is 6.29. The van der Waals surface area contributed by atoms with Crippen LogP contribution in [-0.4, -0.2) is 31.6 Å². The monoisotopic (exact) mass is 445 g/mol. The number of fused-ring (bicyclic) bond motifs is 1. The second-order valence-electron chi connectivity index (χ2n) is 8.73. The van der Waals surface area contributed by atoms with Gasteiger partial charge in [0, 0.05) is 28.6 Å². The molecule has 0 saturated heterocycles. The molecule has 3 aromatic rings. The number of hydrogen-bond acceptors (Lipinski definition) is 3. The van der Waals surface area contributed by atoms with E-state index < -0.39 is 0 Å². The topological polar surface area (TPSA) is 44.4 Å². The van der Waals surface area contributed by atoms with Gasteiger partial charge in [0.1, 0.15) is 0 Å². The van der Waals surface area contributed by atoms with Gasteiger partial charge in [-0.25, -0.2) is 4.79 Å². The molecule has 0 aliphatic heterocycles. The summed E-state index contributed by atoms with van der Waals surface area (Å²) < 4.78 is 0. The molecule has 4 rings (SSSR count). The maximum absolute atomic E-state index is 12.5. The van der Waals surface area contributed by atoms with Gasteiger partial charge in [0.25, 0.3) is 0 Å². The van der Waals surface area contributed by atoms with E-state index in [0.717, 1.165) is 36.5 Å². The molecule has 0 bridgehead atoms. The highest BCUT2D eigenvalue weighted by Crippen LogP contribution is 2.28. The second-order valence-corrected chi connectivity index (χ2v) is 9.78. The van der Waals surface area contributed by atoms with Crippen LogP contribution >= 0.6 is 11.8 Å². The van der Waals surface area contributed by atoms with Gasteiger partial charge in [-0.1, -0.05) is 36.4 Å². The summed E-state index contributed by atoms with van der Waals surface area (Å²) >= 11 is 1.81. The molecule has 0 heterocycles. The number of aryl methyl sites for hydroxylation is 1. The molecule has 0 aromatic heterocycles. The minimum atomic E-state index is -0.211. The van der Waals surface area contributed by atoms with Crippen molar-refractivity contribution in [3.63, 3.8) is 0 Å². The van der Waals surface area contributed by atoms with E-state index >= 15 is 0 Å². The third kappa shape index (κ3) is 6.38. The molecule has 3 aromatic carbocycles. The van der Waals surface area contributed by atoms with Crippen LogP contribution in [0.25, 0.3) is 0 Å². The Morgan fingerprint density at radius 3 is 2.41 bits per heavy atom. The van der Waals surface area contributed by atoms with E-state index in [1.807, 2.05) is 24.3 Å². The van der Waals surface area contributed by atoms with Gasteiger partial charge in [0.15, 0.2) is 0 Å². The number of carbonyl (C=O) groups excluding carboxylic acids is 1. The number of thioether (sulfide) groups is 1. The zero-order valence-electron chi connectivity index (χ0n) is 18.8. The molecule has 1 unspecified atom stereocenters. The van der Waals surface area contributed by atoms with Crippen LogP contribution in [0.15, 0.2) is 77.7 Å². The molecule has 0 spiro atoms. The average Bonchev–Trinajstić information content (AvgIpc) is 2.79. The lowest BCUT2D eigenvalue weighted by atomic mass is 9.83. The van der Waals surface area contributed by atoms with Crippen LogP contribution in [0.4, 0.5) is 16.2 Å². The fourth-order valence-corrected chi connectivity index (χ4v) is 5.12. The summed E-state index contributed by atoms with van der Waals surface area (Å²) in [4.78, 5) is 16.0. The molecule has 4 nitrogen and oxygen atoms in total. The molecular formula is C27H31N3OS. The summed E-state index contributed by atoms with van der Waals surface area (Å²) in [7, 11) is 4.27. The Kier molecular flexibility index (Phi) is 7.51. The first-order chi connectivity index (χ1) is 15.5. The van der Waals surface area contributed by atoms with Crippen molar-refractivity contribution >= 4 is 29.2 Å². The fourth-order valence-electron chi connectivity index (χ4n) is 4.24. The van der Waals surface area contributed by atoms with Crippen molar-refractivity contribution in [1.29, 1.82) is 0 Å². The number of nitrogens with one attached hydrogen (secondary N) is 2. The van der Waals surface area contributed by atoms with Crippen LogP contribution in [0, 0.1) is 5.92 Å². The third-order valence-corrected chi connectivity index (χ3v) is 6.86. The zero-order valence-corrected chi connectivity index (χ0v) is 19.6. The predicted molar refractivity (Wildman–Crippen MR) is 136 cm³/mol. The van der Waals surface area contributed by atoms with Gasteiger partial charge >= 0.3 is 6.03 Å². The van der Waals surface area contributed by atoms with E-state index in [-0.39, 0.29) is 6.03 Å². The second kappa shape index (κ2) is 10.7. The molecule has 166 valence electrons. The van der Waals surface area contributed by atoms with E-state index in [4.69, 9.17) is 0 Å². The number of benzene rings is 3. The molecular weight excluding hydrogens is 414 g/mol. The minimum Gasteiger partial charge on any atom is -0.309 e. The fraction of sp³-hybridized carbons (Fsp3) is 0.296. The standard InChI is InChI=1S/C27H31N3OS/c1-30(2)18-21-8-11-23-17-25(15-12-22(23)16-21)29-27(31)28-24-13-9-20(10-14-24)19-32-26-6-4-3-5-7-26/h3-7,9-10,12-15,17,21H,8,11,16,18-19H2,1-2H3,(H2,28,29,31). The van der Waals surface area contributed by atoms with Crippen LogP contribution in [0.5, 0.6) is 0 Å². The number of anilines is 2. The van der Waals surface area contributed by atoms with E-state index in [2.05, 4.69) is 78.2 Å². The summed E-state index contributed by atoms with van der Waals surface area (Å²) in [5.74, 6) is 1.62. The molecule has 1 aliphatic rings. The van der Waals surface area contributed by atoms with E-state index in [1.165, 1.54) is 28.0 Å². The number of carbonyl (C=O) groups is 1. The Labute approximate surface area is 195 Å². The summed E-state index contributed by atoms with van der Waals surface area (Å²) in [6, 6.07) is 24.5. The van der Waals surface area contributed by atoms with Crippen LogP contribution < -0.4 is 10.6 Å². The van der Waals surface area contributed by atoms with Gasteiger partial charge in [-0.05, 0) is 92.4 Å². The SMILES string of the molecule is CN(C)CC1CCc2cc(NC(=O)Nc3ccc(CSc4ccccc4)cc3)ccc2C1. The lowest BCUT2D eigenvalue weighted by molar-refractivity contribution is 0.262. The zero-order chi connectivity index (χ0) is 22.3. The summed E-state index contributed by atoms with van der Waals surface area (Å²) in [5, 5.41) is 5.92. The highest BCUT2D eigenvalue weighted by molar-refractivity contribution is 7.98. The normalized spacial score (nSPS) is 15.3. The largest absolute Gasteiger partial charge is 0.323 e. The van der Waals surface area contributed by atoms with Crippen molar-refractivity contribution in [2.45, 2.75) is 29.9 Å². The van der Waals surface area contributed by atoms with Crippen molar-refractivity contribution in [3.8, 4) is 0 Å². The number of urea groups is 1. The first kappa shape index (κ1) is 22.4. The first-order valence-electron chi connectivity index (χ1n) is 11.2. The number of hydrogen-bond donors (Lipinski definition) is 2. The lowest BCUT2D eigenvalue weighted by Gasteiger charge is -2.27. The molecule has 0 saturated carbocycles. The van der Waals surface area contributed by atoms with Gasteiger partial charge in [0.05, 0.1) is 0 Å². The van der Waals surface area contributed by atoms with Crippen LogP contribution in [-0.2, 0) is 18.6 Å². The summed E-state index contributed by atoms with van der Waals surface area (Å²) in [6.45, 7) is 1.13. The number of amides is 2. The Hall–Kier alpha value is -2.76. The van der Waals surface area contributed by atoms with E-state index in [9.17, 15) is 4.79 Å². The maximum atomic E-state index is 12.5. The van der Waals surface area contributed by atoms with Gasteiger partial charge in [-0.3, -0.25) is 0 Å². The van der Waals surface area contributed by atoms with Gasteiger partial charge in [-0.15, -0.1) is 11.8 Å². The Balaban J connectivity index is 1.28. The first-order valence-corrected chi connectivity index (χ1v) is 12.1. The summed E-state index contributed by atoms with van der Waals surface area (Å²) in [6.07, 6.45) is 3.40. The molecule has 2 N–H and O–H groups in total. The van der Waals surface area contributed by atoms with Crippen LogP contribution in [0.1, 0.15) is 23.1 Å². The van der Waals surface area contributed by atoms with Gasteiger partial charge in [0.2, 0.25) is 0 Å². The minimum absolute atomic E-state index is 0.211. The van der Waals surface area contributed by atoms with Crippen LogP contribution in [0.3, 0.4) is 0 Å². The van der Waals surface area contributed by atoms with Crippen molar-refractivity contribution in [2.24, 2.45) is 5.92 Å². The molecule has 1 atom stereocenters. The number of nitrogens with zero attached hydrogens (tertiary/aromatic N) is 1. The molecule has 1 aliphatic carbocycles. The smallest absolute Gasteiger partial charge is 0.309 e. The van der Waals surface area contributed by atoms with Crippen molar-refractivity contribution < 1.29 is 4.79 Å². The molecule has 2 amide bonds. The highest BCUT2D eigenvalue weighted by Gasteiger charge is 2.19. The molecule has 5 heteroatoms. The lowest BCUT2D eigenvalue weighted by Crippen LogP contribution is -2.26. The highest BCUT2D eigenvalue weighted by atomic mass is 32.2. The Morgan fingerprint density at radius 2 is 1.66 bits per heavy atom. The molecule has 32 heavy (non-hydrogen) atoms. The third-order valence-electron chi connectivity index (χ3n) is 5.78. The summed E-state index contributed by atoms with van der Waals surface area (Å²) in [5.41, 5.74) is 5.65. The van der Waals surface area contributed by atoms with Gasteiger partial charge < -0.3 is 15.5 Å². The van der Waals surface area contributed by atoms with E-state index in [0.29, 0.717) is 5.92 Å². The Morgan fingerprint density at radius 1 is 0.938 bits per heavy atom. The molecule has 0 radical (unpaired) electrons. The van der Waals surface area contributed by atoms with Crippen LogP contribution in [0.2, 0.25) is 0 Å². The Bertz CT molecular complexity index is 1030.